The summed E-state index contributed by atoms with van der Waals surface area (Å²) >= 11 is 6.85. The molecule has 0 aliphatic heterocycles. The van der Waals surface area contributed by atoms with E-state index in [1.54, 1.807) is 0 Å². The third kappa shape index (κ3) is 2.41. The van der Waals surface area contributed by atoms with E-state index in [-0.39, 0.29) is 10.7 Å². The molecule has 0 aliphatic carbocycles. The Morgan fingerprint density at radius 1 is 1.41 bits per heavy atom. The number of rotatable bonds is 2. The molecule has 2 aromatic rings. The molecule has 0 bridgehead atoms. The van der Waals surface area contributed by atoms with E-state index >= 15 is 0 Å². The fourth-order valence-electron chi connectivity index (χ4n) is 1.43. The highest BCUT2D eigenvalue weighted by Crippen LogP contribution is 2.35. The first-order chi connectivity index (χ1) is 8.11. The second-order valence-corrected chi connectivity index (χ2v) is 4.71. The van der Waals surface area contributed by atoms with Gasteiger partial charge in [-0.15, -0.1) is 0 Å². The summed E-state index contributed by atoms with van der Waals surface area (Å²) in [6.07, 6.45) is 0. The molecule has 2 rings (SSSR count). The summed E-state index contributed by atoms with van der Waals surface area (Å²) in [7, 11) is 0. The Balaban J connectivity index is 2.35. The van der Waals surface area contributed by atoms with Crippen LogP contribution in [0.5, 0.6) is 10.8 Å². The first-order valence-corrected chi connectivity index (χ1v) is 6.07. The van der Waals surface area contributed by atoms with Crippen LogP contribution in [0, 0.1) is 25.2 Å². The van der Waals surface area contributed by atoms with Gasteiger partial charge in [-0.1, -0.05) is 29.3 Å². The van der Waals surface area contributed by atoms with Gasteiger partial charge in [-0.3, -0.25) is 0 Å². The molecule has 1 aromatic carbocycles. The minimum atomic E-state index is 0.192. The molecular formula is C12H9ClN2OS. The molecule has 1 heterocycles. The van der Waals surface area contributed by atoms with Gasteiger partial charge in [-0.2, -0.15) is 9.64 Å². The van der Waals surface area contributed by atoms with Gasteiger partial charge in [-0.25, -0.2) is 0 Å². The summed E-state index contributed by atoms with van der Waals surface area (Å²) in [5, 5.41) is 9.56. The summed E-state index contributed by atoms with van der Waals surface area (Å²) in [6.45, 7) is 3.97. The lowest BCUT2D eigenvalue weighted by Gasteiger charge is -2.07. The van der Waals surface area contributed by atoms with Gasteiger partial charge in [0.2, 0.25) is 5.06 Å². The fourth-order valence-corrected chi connectivity index (χ4v) is 2.33. The second kappa shape index (κ2) is 4.74. The van der Waals surface area contributed by atoms with Crippen LogP contribution in [0.25, 0.3) is 0 Å². The van der Waals surface area contributed by atoms with Crippen molar-refractivity contribution in [2.75, 3.05) is 0 Å². The number of nitriles is 1. The molecule has 0 amide bonds. The molecule has 0 fully saturated rings. The highest BCUT2D eigenvalue weighted by atomic mass is 35.5. The Morgan fingerprint density at radius 2 is 2.18 bits per heavy atom. The summed E-state index contributed by atoms with van der Waals surface area (Å²) in [5.41, 5.74) is 2.47. The number of aryl methyl sites for hydroxylation is 2. The normalized spacial score (nSPS) is 10.0. The van der Waals surface area contributed by atoms with Gasteiger partial charge in [0.1, 0.15) is 17.4 Å². The number of aromatic nitrogens is 1. The fraction of sp³-hybridized carbons (Fsp3) is 0.167. The zero-order valence-corrected chi connectivity index (χ0v) is 10.9. The summed E-state index contributed by atoms with van der Waals surface area (Å²) < 4.78 is 9.55. The molecule has 0 saturated carbocycles. The number of nitrogens with zero attached hydrogens (tertiary/aromatic N) is 2. The van der Waals surface area contributed by atoms with E-state index in [1.165, 1.54) is 0 Å². The molecule has 1 aromatic heterocycles. The van der Waals surface area contributed by atoms with Crippen molar-refractivity contribution in [3.05, 3.63) is 40.0 Å². The number of hydrogen-bond acceptors (Lipinski definition) is 4. The highest BCUT2D eigenvalue weighted by Gasteiger charge is 2.14. The topological polar surface area (TPSA) is 45.9 Å². The Morgan fingerprint density at radius 3 is 2.82 bits per heavy atom. The Bertz CT molecular complexity index is 601. The van der Waals surface area contributed by atoms with Crippen LogP contribution in [0.3, 0.4) is 0 Å². The largest absolute Gasteiger partial charge is 0.443 e. The summed E-state index contributed by atoms with van der Waals surface area (Å²) in [6, 6.07) is 7.83. The van der Waals surface area contributed by atoms with Crippen LogP contribution in [0.4, 0.5) is 0 Å². The van der Waals surface area contributed by atoms with Crippen molar-refractivity contribution in [1.82, 2.24) is 4.37 Å². The van der Waals surface area contributed by atoms with E-state index < -0.39 is 0 Å². The van der Waals surface area contributed by atoms with E-state index in [4.69, 9.17) is 21.6 Å². The number of halogens is 1. The van der Waals surface area contributed by atoms with Crippen LogP contribution in [0.1, 0.15) is 16.7 Å². The van der Waals surface area contributed by atoms with Crippen molar-refractivity contribution in [1.29, 1.82) is 5.26 Å². The molecule has 0 N–H and O–H groups in total. The third-order valence-electron chi connectivity index (χ3n) is 2.26. The Kier molecular flexibility index (Phi) is 3.32. The van der Waals surface area contributed by atoms with E-state index in [0.717, 1.165) is 22.7 Å². The molecule has 0 aliphatic rings. The molecule has 5 heteroatoms. The van der Waals surface area contributed by atoms with Gasteiger partial charge in [0.05, 0.1) is 0 Å². The molecule has 86 valence electrons. The number of benzene rings is 1. The average molecular weight is 265 g/mol. The van der Waals surface area contributed by atoms with Crippen LogP contribution in [-0.2, 0) is 0 Å². The molecule has 3 nitrogen and oxygen atoms in total. The van der Waals surface area contributed by atoms with E-state index in [9.17, 15) is 0 Å². The summed E-state index contributed by atoms with van der Waals surface area (Å²) in [4.78, 5) is 0. The quantitative estimate of drug-likeness (QED) is 0.821. The minimum Gasteiger partial charge on any atom is -0.443 e. The monoisotopic (exact) mass is 264 g/mol. The average Bonchev–Trinajstić information content (AvgIpc) is 2.63. The van der Waals surface area contributed by atoms with Gasteiger partial charge < -0.3 is 4.74 Å². The van der Waals surface area contributed by atoms with Crippen molar-refractivity contribution < 1.29 is 4.74 Å². The zero-order valence-electron chi connectivity index (χ0n) is 9.32. The predicted octanol–water partition coefficient (Wildman–Crippen LogP) is 4.08. The number of hydrogen-bond donors (Lipinski definition) is 0. The Hall–Kier alpha value is -1.57. The first kappa shape index (κ1) is 11.9. The van der Waals surface area contributed by atoms with Gasteiger partial charge in [0.25, 0.3) is 0 Å². The lowest BCUT2D eigenvalue weighted by molar-refractivity contribution is 0.491. The van der Waals surface area contributed by atoms with Crippen LogP contribution in [0.2, 0.25) is 5.15 Å². The maximum atomic E-state index is 8.93. The van der Waals surface area contributed by atoms with Gasteiger partial charge in [0.15, 0.2) is 5.15 Å². The highest BCUT2D eigenvalue weighted by molar-refractivity contribution is 7.08. The standard InChI is InChI=1S/C12H9ClN2OS/c1-7-3-4-10(8(2)5-7)16-12-9(6-14)11(13)15-17-12/h3-5H,1-2H3. The Labute approximate surface area is 108 Å². The van der Waals surface area contributed by atoms with Crippen molar-refractivity contribution in [2.45, 2.75) is 13.8 Å². The van der Waals surface area contributed by atoms with Crippen LogP contribution in [0.15, 0.2) is 18.2 Å². The van der Waals surface area contributed by atoms with Crippen LogP contribution < -0.4 is 4.74 Å². The van der Waals surface area contributed by atoms with E-state index in [0.29, 0.717) is 10.8 Å². The molecular weight excluding hydrogens is 256 g/mol. The predicted molar refractivity (Wildman–Crippen MR) is 67.8 cm³/mol. The molecule has 0 atom stereocenters. The first-order valence-electron chi connectivity index (χ1n) is 4.92. The van der Waals surface area contributed by atoms with Crippen molar-refractivity contribution in [3.8, 4) is 16.9 Å². The minimum absolute atomic E-state index is 0.192. The van der Waals surface area contributed by atoms with Crippen LogP contribution in [-0.4, -0.2) is 4.37 Å². The molecule has 0 unspecified atom stereocenters. The van der Waals surface area contributed by atoms with Crippen molar-refractivity contribution in [2.24, 2.45) is 0 Å². The number of ether oxygens (including phenoxy) is 1. The third-order valence-corrected chi connectivity index (χ3v) is 3.36. The van der Waals surface area contributed by atoms with E-state index in [1.807, 2.05) is 38.1 Å². The smallest absolute Gasteiger partial charge is 0.219 e. The van der Waals surface area contributed by atoms with Gasteiger partial charge in [-0.05, 0) is 25.5 Å². The zero-order chi connectivity index (χ0) is 12.4. The van der Waals surface area contributed by atoms with Crippen molar-refractivity contribution in [3.63, 3.8) is 0 Å². The second-order valence-electron chi connectivity index (χ2n) is 3.62. The molecule has 0 spiro atoms. The van der Waals surface area contributed by atoms with Crippen molar-refractivity contribution >= 4 is 23.1 Å². The molecule has 17 heavy (non-hydrogen) atoms. The van der Waals surface area contributed by atoms with Gasteiger partial charge >= 0.3 is 0 Å². The van der Waals surface area contributed by atoms with Crippen LogP contribution >= 0.6 is 23.1 Å². The maximum Gasteiger partial charge on any atom is 0.219 e. The molecule has 0 saturated heterocycles. The lowest BCUT2D eigenvalue weighted by atomic mass is 10.1. The van der Waals surface area contributed by atoms with E-state index in [2.05, 4.69) is 4.37 Å². The molecule has 0 radical (unpaired) electrons. The summed E-state index contributed by atoms with van der Waals surface area (Å²) in [5.74, 6) is 0.715. The SMILES string of the molecule is Cc1ccc(Oc2snc(Cl)c2C#N)c(C)c1. The lowest BCUT2D eigenvalue weighted by Crippen LogP contribution is -1.88. The maximum absolute atomic E-state index is 8.93. The van der Waals surface area contributed by atoms with Gasteiger partial charge in [0, 0.05) is 11.5 Å².